The zero-order valence-corrected chi connectivity index (χ0v) is 19.4. The Morgan fingerprint density at radius 3 is 2.22 bits per heavy atom. The van der Waals surface area contributed by atoms with E-state index in [1.54, 1.807) is 26.2 Å². The van der Waals surface area contributed by atoms with Gasteiger partial charge in [0.25, 0.3) is 0 Å². The van der Waals surface area contributed by atoms with E-state index in [0.29, 0.717) is 23.3 Å². The summed E-state index contributed by atoms with van der Waals surface area (Å²) in [4.78, 5) is 0. The van der Waals surface area contributed by atoms with Crippen molar-refractivity contribution < 1.29 is 9.47 Å². The van der Waals surface area contributed by atoms with Crippen molar-refractivity contribution in [2.24, 2.45) is 0 Å². The van der Waals surface area contributed by atoms with Gasteiger partial charge in [-0.25, -0.2) is 0 Å². The molecule has 0 radical (unpaired) electrons. The van der Waals surface area contributed by atoms with E-state index in [9.17, 15) is 0 Å². The van der Waals surface area contributed by atoms with Crippen molar-refractivity contribution in [2.75, 3.05) is 24.7 Å². The lowest BCUT2D eigenvalue weighted by atomic mass is 10.2. The summed E-state index contributed by atoms with van der Waals surface area (Å²) in [5.41, 5.74) is 2.90. The number of aryl methyl sites for hydroxylation is 1. The second-order valence-corrected chi connectivity index (χ2v) is 8.22. The highest BCUT2D eigenvalue weighted by atomic mass is 35.5. The average Bonchev–Trinajstić information content (AvgIpc) is 3.26. The number of halogens is 1. The van der Waals surface area contributed by atoms with Crippen molar-refractivity contribution in [3.63, 3.8) is 0 Å². The van der Waals surface area contributed by atoms with Gasteiger partial charge in [0.1, 0.15) is 17.2 Å². The monoisotopic (exact) mass is 466 g/mol. The first-order valence-corrected chi connectivity index (χ1v) is 11.4. The van der Waals surface area contributed by atoms with Crippen LogP contribution in [0.5, 0.6) is 11.5 Å². The normalized spacial score (nSPS) is 10.7. The fourth-order valence-electron chi connectivity index (χ4n) is 3.32. The first kappa shape index (κ1) is 22.0. The summed E-state index contributed by atoms with van der Waals surface area (Å²) in [6.07, 6.45) is 0.895. The minimum atomic E-state index is 0.591. The van der Waals surface area contributed by atoms with Crippen molar-refractivity contribution in [1.29, 1.82) is 0 Å². The number of nitrogens with zero attached hydrogens (tertiary/aromatic N) is 3. The molecule has 0 aliphatic rings. The van der Waals surface area contributed by atoms with Gasteiger partial charge in [0.15, 0.2) is 5.82 Å². The number of anilines is 1. The Balaban J connectivity index is 1.65. The number of benzene rings is 3. The van der Waals surface area contributed by atoms with Crippen molar-refractivity contribution in [1.82, 2.24) is 14.8 Å². The SMILES string of the molecule is COc1cccc(OC)c1-n1c(NSCCc2ccc(Cl)cc2)nnc1-c1ccccc1. The predicted octanol–water partition coefficient (Wildman–Crippen LogP) is 5.91. The Hall–Kier alpha value is -3.16. The van der Waals surface area contributed by atoms with Crippen LogP contribution in [0.25, 0.3) is 17.1 Å². The lowest BCUT2D eigenvalue weighted by molar-refractivity contribution is 0.391. The Bertz CT molecular complexity index is 1140. The summed E-state index contributed by atoms with van der Waals surface area (Å²) in [5, 5.41) is 9.64. The molecule has 164 valence electrons. The predicted molar refractivity (Wildman–Crippen MR) is 131 cm³/mol. The molecule has 0 saturated heterocycles. The fourth-order valence-corrected chi connectivity index (χ4v) is 4.15. The summed E-state index contributed by atoms with van der Waals surface area (Å²) < 4.78 is 16.6. The molecule has 4 aromatic rings. The summed E-state index contributed by atoms with van der Waals surface area (Å²) in [5.74, 6) is 3.45. The first-order chi connectivity index (χ1) is 15.7. The molecular weight excluding hydrogens is 444 g/mol. The lowest BCUT2D eigenvalue weighted by Crippen LogP contribution is -2.07. The van der Waals surface area contributed by atoms with Crippen LogP contribution >= 0.6 is 23.5 Å². The van der Waals surface area contributed by atoms with Crippen molar-refractivity contribution in [3.8, 4) is 28.6 Å². The van der Waals surface area contributed by atoms with Gasteiger partial charge in [-0.15, -0.1) is 10.2 Å². The van der Waals surface area contributed by atoms with Crippen molar-refractivity contribution in [2.45, 2.75) is 6.42 Å². The van der Waals surface area contributed by atoms with Gasteiger partial charge in [-0.1, -0.05) is 60.1 Å². The van der Waals surface area contributed by atoms with E-state index in [4.69, 9.17) is 21.1 Å². The van der Waals surface area contributed by atoms with E-state index in [0.717, 1.165) is 28.4 Å². The van der Waals surface area contributed by atoms with E-state index >= 15 is 0 Å². The van der Waals surface area contributed by atoms with Crippen molar-refractivity contribution >= 4 is 29.5 Å². The molecule has 0 bridgehead atoms. The summed E-state index contributed by atoms with van der Waals surface area (Å²) in [7, 11) is 3.28. The van der Waals surface area contributed by atoms with Gasteiger partial charge in [0, 0.05) is 16.3 Å². The number of nitrogens with one attached hydrogen (secondary N) is 1. The second-order valence-electron chi connectivity index (χ2n) is 6.89. The fraction of sp³-hybridized carbons (Fsp3) is 0.167. The standard InChI is InChI=1S/C24H23ClN4O2S/c1-30-20-9-6-10-21(31-2)22(20)29-23(18-7-4-3-5-8-18)26-27-24(29)28-32-16-15-17-11-13-19(25)14-12-17/h3-14H,15-16H2,1-2H3,(H,27,28). The van der Waals surface area contributed by atoms with E-state index in [-0.39, 0.29) is 0 Å². The number of hydrogen-bond donors (Lipinski definition) is 1. The topological polar surface area (TPSA) is 61.2 Å². The molecule has 0 atom stereocenters. The Labute approximate surface area is 196 Å². The number of rotatable bonds is 9. The summed E-state index contributed by atoms with van der Waals surface area (Å²) in [6.45, 7) is 0. The third kappa shape index (κ3) is 4.84. The zero-order valence-electron chi connectivity index (χ0n) is 17.8. The molecule has 1 N–H and O–H groups in total. The maximum absolute atomic E-state index is 5.97. The molecule has 32 heavy (non-hydrogen) atoms. The molecule has 6 nitrogen and oxygen atoms in total. The Morgan fingerprint density at radius 1 is 0.875 bits per heavy atom. The van der Waals surface area contributed by atoms with Crippen LogP contribution in [0.3, 0.4) is 0 Å². The lowest BCUT2D eigenvalue weighted by Gasteiger charge is -2.17. The van der Waals surface area contributed by atoms with Crippen molar-refractivity contribution in [3.05, 3.63) is 83.4 Å². The Kier molecular flexibility index (Phi) is 7.19. The third-order valence-electron chi connectivity index (χ3n) is 4.89. The molecular formula is C24H23ClN4O2S. The van der Waals surface area contributed by atoms with Crippen LogP contribution in [0, 0.1) is 0 Å². The molecule has 1 heterocycles. The molecule has 1 aromatic heterocycles. The van der Waals surface area contributed by atoms with Crippen LogP contribution in [0.2, 0.25) is 5.02 Å². The van der Waals surface area contributed by atoms with Crippen LogP contribution in [-0.2, 0) is 6.42 Å². The minimum absolute atomic E-state index is 0.591. The number of hydrogen-bond acceptors (Lipinski definition) is 6. The largest absolute Gasteiger partial charge is 0.494 e. The molecule has 3 aromatic carbocycles. The molecule has 0 aliphatic carbocycles. The zero-order chi connectivity index (χ0) is 22.3. The van der Waals surface area contributed by atoms with E-state index in [1.165, 1.54) is 5.56 Å². The maximum Gasteiger partial charge on any atom is 0.239 e. The second kappa shape index (κ2) is 10.4. The maximum atomic E-state index is 5.97. The van der Waals surface area contributed by atoms with E-state index in [2.05, 4.69) is 14.9 Å². The van der Waals surface area contributed by atoms with Gasteiger partial charge in [-0.05, 0) is 48.2 Å². The number of aromatic nitrogens is 3. The minimum Gasteiger partial charge on any atom is -0.494 e. The summed E-state index contributed by atoms with van der Waals surface area (Å²) >= 11 is 7.54. The number of methoxy groups -OCH3 is 2. The van der Waals surface area contributed by atoms with Crippen LogP contribution in [-0.4, -0.2) is 34.7 Å². The molecule has 4 rings (SSSR count). The Morgan fingerprint density at radius 2 is 1.56 bits per heavy atom. The molecule has 8 heteroatoms. The highest BCUT2D eigenvalue weighted by molar-refractivity contribution is 8.00. The average molecular weight is 467 g/mol. The number of para-hydroxylation sites is 1. The van der Waals surface area contributed by atoms with Gasteiger partial charge < -0.3 is 9.47 Å². The summed E-state index contributed by atoms with van der Waals surface area (Å²) in [6, 6.07) is 23.5. The highest BCUT2D eigenvalue weighted by Crippen LogP contribution is 2.37. The van der Waals surface area contributed by atoms with Crippen LogP contribution in [0.15, 0.2) is 72.8 Å². The molecule has 0 amide bonds. The van der Waals surface area contributed by atoms with E-state index < -0.39 is 0 Å². The first-order valence-electron chi connectivity index (χ1n) is 10.1. The van der Waals surface area contributed by atoms with Gasteiger partial charge in [0.05, 0.1) is 14.2 Å². The molecule has 0 fully saturated rings. The van der Waals surface area contributed by atoms with Crippen LogP contribution in [0.4, 0.5) is 5.95 Å². The molecule has 0 saturated carbocycles. The quantitative estimate of drug-likeness (QED) is 0.244. The van der Waals surface area contributed by atoms with E-state index in [1.807, 2.05) is 77.4 Å². The van der Waals surface area contributed by atoms with Gasteiger partial charge in [-0.3, -0.25) is 9.29 Å². The van der Waals surface area contributed by atoms with Crippen LogP contribution in [0.1, 0.15) is 5.56 Å². The van der Waals surface area contributed by atoms with Crippen LogP contribution < -0.4 is 14.2 Å². The molecule has 0 aliphatic heterocycles. The third-order valence-corrected chi connectivity index (χ3v) is 5.88. The smallest absolute Gasteiger partial charge is 0.239 e. The van der Waals surface area contributed by atoms with Gasteiger partial charge >= 0.3 is 0 Å². The molecule has 0 unspecified atom stereocenters. The van der Waals surface area contributed by atoms with Gasteiger partial charge in [-0.2, -0.15) is 0 Å². The highest BCUT2D eigenvalue weighted by Gasteiger charge is 2.22. The van der Waals surface area contributed by atoms with Gasteiger partial charge in [0.2, 0.25) is 5.95 Å². The molecule has 0 spiro atoms. The number of ether oxygens (including phenoxy) is 2.